The number of benzene rings is 4. The Bertz CT molecular complexity index is 2060. The molecule has 0 unspecified atom stereocenters. The lowest BCUT2D eigenvalue weighted by Crippen LogP contribution is -2.49. The molecule has 1 aromatic heterocycles. The second-order valence-corrected chi connectivity index (χ2v) is 12.2. The number of fused-ring (bicyclic) bond motifs is 1. The summed E-state index contributed by atoms with van der Waals surface area (Å²) in [6, 6.07) is 21.6. The standard InChI is InChI=1S/C36H35N7O8/c1-3-24(2)34(38-35(44)18-32-19-37-23-40(32)20-25-11-13-29(14-12-25)41(46)47)22-39(21-27-9-6-8-26-7-4-5-10-33(26)27)36(45)28-15-30(42(48)49)17-31(16-28)43(50)51/h4-17,19,23-24,34H,3,18,20-22H2,1-2H3,(H,38,44)/t24-,34+/m0/s1. The minimum atomic E-state index is -0.784. The Morgan fingerprint density at radius 3 is 2.16 bits per heavy atom. The predicted octanol–water partition coefficient (Wildman–Crippen LogP) is 6.23. The minimum Gasteiger partial charge on any atom is -0.351 e. The Morgan fingerprint density at radius 2 is 1.51 bits per heavy atom. The summed E-state index contributed by atoms with van der Waals surface area (Å²) >= 11 is 0. The van der Waals surface area contributed by atoms with Gasteiger partial charge in [-0.2, -0.15) is 0 Å². The summed E-state index contributed by atoms with van der Waals surface area (Å²) in [5, 5.41) is 39.2. The zero-order chi connectivity index (χ0) is 36.7. The molecular formula is C36H35N7O8. The van der Waals surface area contributed by atoms with Crippen molar-refractivity contribution in [2.75, 3.05) is 6.54 Å². The number of nitro benzene ring substituents is 3. The minimum absolute atomic E-state index is 0.00134. The van der Waals surface area contributed by atoms with Gasteiger partial charge in [0, 0.05) is 61.8 Å². The maximum Gasteiger partial charge on any atom is 0.277 e. The van der Waals surface area contributed by atoms with E-state index in [1.165, 1.54) is 17.0 Å². The molecule has 5 aromatic rings. The van der Waals surface area contributed by atoms with Crippen LogP contribution in [0.4, 0.5) is 17.1 Å². The summed E-state index contributed by atoms with van der Waals surface area (Å²) < 4.78 is 1.77. The Balaban J connectivity index is 1.42. The van der Waals surface area contributed by atoms with Crippen LogP contribution in [-0.2, 0) is 24.3 Å². The van der Waals surface area contributed by atoms with Crippen molar-refractivity contribution in [1.29, 1.82) is 0 Å². The Hall–Kier alpha value is -6.51. The maximum atomic E-state index is 14.2. The highest BCUT2D eigenvalue weighted by Gasteiger charge is 2.28. The van der Waals surface area contributed by atoms with Crippen LogP contribution in [0.15, 0.2) is 97.5 Å². The molecule has 0 aliphatic heterocycles. The SMILES string of the molecule is CC[C@H](C)[C@@H](CN(Cc1cccc2ccccc12)C(=O)c1cc([N+](=O)[O-])cc([N+](=O)[O-])c1)NC(=O)Cc1cncn1Cc1ccc([N+](=O)[O-])cc1. The van der Waals surface area contributed by atoms with E-state index < -0.39 is 38.1 Å². The molecule has 0 bridgehead atoms. The number of hydrogen-bond acceptors (Lipinski definition) is 9. The van der Waals surface area contributed by atoms with E-state index >= 15 is 0 Å². The third-order valence-electron chi connectivity index (χ3n) is 8.83. The number of nitrogens with zero attached hydrogens (tertiary/aromatic N) is 6. The molecule has 5 rings (SSSR count). The van der Waals surface area contributed by atoms with Crippen molar-refractivity contribution in [3.8, 4) is 0 Å². The molecule has 0 aliphatic carbocycles. The van der Waals surface area contributed by atoms with Crippen LogP contribution >= 0.6 is 0 Å². The average molecular weight is 694 g/mol. The lowest BCUT2D eigenvalue weighted by molar-refractivity contribution is -0.394. The topological polar surface area (TPSA) is 197 Å². The highest BCUT2D eigenvalue weighted by atomic mass is 16.6. The number of amides is 2. The number of nitro groups is 3. The van der Waals surface area contributed by atoms with E-state index in [9.17, 15) is 39.9 Å². The fourth-order valence-corrected chi connectivity index (χ4v) is 5.84. The highest BCUT2D eigenvalue weighted by molar-refractivity contribution is 5.96. The highest BCUT2D eigenvalue weighted by Crippen LogP contribution is 2.26. The van der Waals surface area contributed by atoms with E-state index in [1.807, 2.05) is 56.3 Å². The second-order valence-electron chi connectivity index (χ2n) is 12.2. The van der Waals surface area contributed by atoms with Gasteiger partial charge >= 0.3 is 0 Å². The lowest BCUT2D eigenvalue weighted by atomic mass is 9.97. The van der Waals surface area contributed by atoms with Gasteiger partial charge < -0.3 is 14.8 Å². The molecule has 15 nitrogen and oxygen atoms in total. The molecule has 51 heavy (non-hydrogen) atoms. The van der Waals surface area contributed by atoms with Crippen LogP contribution in [0.2, 0.25) is 0 Å². The fraction of sp³-hybridized carbons (Fsp3) is 0.250. The molecule has 0 fully saturated rings. The van der Waals surface area contributed by atoms with Gasteiger partial charge in [-0.05, 0) is 27.8 Å². The quantitative estimate of drug-likeness (QED) is 0.0976. The first-order valence-corrected chi connectivity index (χ1v) is 16.1. The van der Waals surface area contributed by atoms with E-state index in [2.05, 4.69) is 10.3 Å². The smallest absolute Gasteiger partial charge is 0.277 e. The number of carbonyl (C=O) groups excluding carboxylic acids is 2. The van der Waals surface area contributed by atoms with Crippen LogP contribution in [0, 0.1) is 36.3 Å². The Labute approximate surface area is 292 Å². The molecule has 0 saturated carbocycles. The average Bonchev–Trinajstić information content (AvgIpc) is 3.55. The molecule has 1 heterocycles. The number of non-ortho nitro benzene ring substituents is 3. The van der Waals surface area contributed by atoms with Gasteiger partial charge in [-0.3, -0.25) is 39.9 Å². The number of aromatic nitrogens is 2. The summed E-state index contributed by atoms with van der Waals surface area (Å²) in [6.45, 7) is 4.27. The number of rotatable bonds is 15. The third-order valence-corrected chi connectivity index (χ3v) is 8.83. The number of hydrogen-bond donors (Lipinski definition) is 1. The molecule has 0 radical (unpaired) electrons. The first-order valence-electron chi connectivity index (χ1n) is 16.1. The summed E-state index contributed by atoms with van der Waals surface area (Å²) in [5.41, 5.74) is 0.732. The van der Waals surface area contributed by atoms with Crippen molar-refractivity contribution < 1.29 is 24.4 Å². The zero-order valence-electron chi connectivity index (χ0n) is 27.9. The molecule has 1 N–H and O–H groups in total. The van der Waals surface area contributed by atoms with Gasteiger partial charge in [0.2, 0.25) is 5.91 Å². The van der Waals surface area contributed by atoms with Gasteiger partial charge in [0.15, 0.2) is 0 Å². The van der Waals surface area contributed by atoms with Gasteiger partial charge in [0.25, 0.3) is 23.0 Å². The zero-order valence-corrected chi connectivity index (χ0v) is 27.9. The molecule has 0 saturated heterocycles. The molecular weight excluding hydrogens is 658 g/mol. The van der Waals surface area contributed by atoms with Gasteiger partial charge in [-0.1, -0.05) is 74.9 Å². The van der Waals surface area contributed by atoms with Crippen LogP contribution in [0.25, 0.3) is 10.8 Å². The Kier molecular flexibility index (Phi) is 11.1. The molecule has 262 valence electrons. The first kappa shape index (κ1) is 35.8. The molecule has 2 atom stereocenters. The Morgan fingerprint density at radius 1 is 0.863 bits per heavy atom. The van der Waals surface area contributed by atoms with Crippen LogP contribution in [0.1, 0.15) is 47.4 Å². The van der Waals surface area contributed by atoms with Crippen LogP contribution < -0.4 is 5.32 Å². The van der Waals surface area contributed by atoms with Crippen LogP contribution in [-0.4, -0.2) is 53.6 Å². The summed E-state index contributed by atoms with van der Waals surface area (Å²) in [6.07, 6.45) is 3.73. The summed E-state index contributed by atoms with van der Waals surface area (Å²) in [7, 11) is 0. The summed E-state index contributed by atoms with van der Waals surface area (Å²) in [4.78, 5) is 65.8. The van der Waals surface area contributed by atoms with E-state index in [4.69, 9.17) is 0 Å². The lowest BCUT2D eigenvalue weighted by Gasteiger charge is -2.32. The second kappa shape index (κ2) is 15.8. The number of imidazole rings is 1. The molecule has 0 aliphatic rings. The third kappa shape index (κ3) is 8.75. The van der Waals surface area contributed by atoms with Crippen molar-refractivity contribution in [3.05, 3.63) is 150 Å². The van der Waals surface area contributed by atoms with Crippen molar-refractivity contribution in [3.63, 3.8) is 0 Å². The summed E-state index contributed by atoms with van der Waals surface area (Å²) in [5.74, 6) is -1.13. The predicted molar refractivity (Wildman–Crippen MR) is 188 cm³/mol. The normalized spacial score (nSPS) is 12.2. The van der Waals surface area contributed by atoms with E-state index in [0.29, 0.717) is 18.7 Å². The first-order chi connectivity index (χ1) is 24.4. The van der Waals surface area contributed by atoms with Gasteiger partial charge in [0.05, 0.1) is 39.1 Å². The van der Waals surface area contributed by atoms with Crippen molar-refractivity contribution in [2.24, 2.45) is 5.92 Å². The fourth-order valence-electron chi connectivity index (χ4n) is 5.84. The van der Waals surface area contributed by atoms with Crippen molar-refractivity contribution in [2.45, 2.75) is 45.8 Å². The van der Waals surface area contributed by atoms with Crippen molar-refractivity contribution in [1.82, 2.24) is 19.8 Å². The van der Waals surface area contributed by atoms with Crippen LogP contribution in [0.3, 0.4) is 0 Å². The van der Waals surface area contributed by atoms with Crippen LogP contribution in [0.5, 0.6) is 0 Å². The molecule has 4 aromatic carbocycles. The maximum absolute atomic E-state index is 14.2. The van der Waals surface area contributed by atoms with Gasteiger partial charge in [-0.15, -0.1) is 0 Å². The largest absolute Gasteiger partial charge is 0.351 e. The molecule has 15 heteroatoms. The van der Waals surface area contributed by atoms with E-state index in [0.717, 1.165) is 40.1 Å². The van der Waals surface area contributed by atoms with Gasteiger partial charge in [-0.25, -0.2) is 4.98 Å². The molecule has 0 spiro atoms. The van der Waals surface area contributed by atoms with E-state index in [1.54, 1.807) is 29.2 Å². The number of nitrogens with one attached hydrogen (secondary N) is 1. The van der Waals surface area contributed by atoms with Crippen molar-refractivity contribution >= 4 is 39.6 Å². The van der Waals surface area contributed by atoms with E-state index in [-0.39, 0.29) is 42.6 Å². The number of carbonyl (C=O) groups is 2. The monoisotopic (exact) mass is 693 g/mol. The molecule has 2 amide bonds. The van der Waals surface area contributed by atoms with Gasteiger partial charge in [0.1, 0.15) is 0 Å².